The van der Waals surface area contributed by atoms with Gasteiger partial charge in [-0.05, 0) is 44.2 Å². The quantitative estimate of drug-likeness (QED) is 0.174. The van der Waals surface area contributed by atoms with Gasteiger partial charge in [-0.25, -0.2) is 25.4 Å². The first-order chi connectivity index (χ1) is 17.3. The van der Waals surface area contributed by atoms with Crippen LogP contribution in [0.3, 0.4) is 0 Å². The molecule has 4 heterocycles. The number of amides is 1. The zero-order valence-electron chi connectivity index (χ0n) is 19.9. The van der Waals surface area contributed by atoms with Gasteiger partial charge in [0.05, 0.1) is 34.5 Å². The summed E-state index contributed by atoms with van der Waals surface area (Å²) >= 11 is 1.62. The molecule has 1 fully saturated rings. The molecule has 0 spiro atoms. The van der Waals surface area contributed by atoms with Crippen LogP contribution < -0.4 is 21.4 Å². The number of aromatic nitrogens is 4. The number of benzene rings is 1. The highest BCUT2D eigenvalue weighted by atomic mass is 32.1. The van der Waals surface area contributed by atoms with Crippen molar-refractivity contribution in [3.8, 4) is 11.4 Å². The van der Waals surface area contributed by atoms with Crippen molar-refractivity contribution in [2.45, 2.75) is 19.4 Å². The number of rotatable bonds is 6. The van der Waals surface area contributed by atoms with Crippen molar-refractivity contribution in [2.24, 2.45) is 0 Å². The van der Waals surface area contributed by atoms with Gasteiger partial charge in [-0.1, -0.05) is 0 Å². The first-order valence-corrected chi connectivity index (χ1v) is 12.2. The van der Waals surface area contributed by atoms with Gasteiger partial charge >= 0.3 is 0 Å². The van der Waals surface area contributed by atoms with Crippen LogP contribution >= 0.6 is 11.3 Å². The molecular formula is C24H26N8O3S. The number of morpholine rings is 1. The number of nitrogens with one attached hydrogen (secondary N) is 2. The molecule has 1 saturated heterocycles. The van der Waals surface area contributed by atoms with Crippen molar-refractivity contribution < 1.29 is 14.7 Å². The second-order valence-electron chi connectivity index (χ2n) is 8.90. The number of carbonyl (C=O) groups is 1. The lowest BCUT2D eigenvalue weighted by Crippen LogP contribution is -2.36. The number of anilines is 3. The lowest BCUT2D eigenvalue weighted by atomic mass is 10.0. The summed E-state index contributed by atoms with van der Waals surface area (Å²) < 4.78 is 6.56. The summed E-state index contributed by atoms with van der Waals surface area (Å²) in [4.78, 5) is 33.1. The molecule has 11 nitrogen and oxygen atoms in total. The summed E-state index contributed by atoms with van der Waals surface area (Å²) in [6, 6.07) is 9.61. The van der Waals surface area contributed by atoms with Crippen LogP contribution in [0, 0.1) is 0 Å². The largest absolute Gasteiger partial charge is 0.399 e. The molecule has 186 valence electrons. The Morgan fingerprint density at radius 3 is 2.50 bits per heavy atom. The van der Waals surface area contributed by atoms with E-state index in [2.05, 4.69) is 26.3 Å². The van der Waals surface area contributed by atoms with Crippen LogP contribution in [0.4, 0.5) is 17.5 Å². The molecule has 4 aromatic rings. The maximum Gasteiger partial charge on any atom is 0.277 e. The number of thiophene rings is 1. The van der Waals surface area contributed by atoms with E-state index in [1.165, 1.54) is 12.4 Å². The van der Waals surface area contributed by atoms with Crippen molar-refractivity contribution in [1.82, 2.24) is 25.4 Å². The van der Waals surface area contributed by atoms with Crippen LogP contribution in [0.1, 0.15) is 29.1 Å². The molecular weight excluding hydrogens is 480 g/mol. The minimum Gasteiger partial charge on any atom is -0.399 e. The van der Waals surface area contributed by atoms with Crippen molar-refractivity contribution >= 4 is 44.9 Å². The number of nitrogen functional groups attached to an aromatic ring is 1. The first kappa shape index (κ1) is 23.9. The van der Waals surface area contributed by atoms with Crippen molar-refractivity contribution in [3.05, 3.63) is 53.2 Å². The van der Waals surface area contributed by atoms with Gasteiger partial charge in [0.15, 0.2) is 11.6 Å². The Labute approximate surface area is 211 Å². The third-order valence-corrected chi connectivity index (χ3v) is 7.33. The SMILES string of the molecule is CC(C)(Nc1ncc(C(=O)NO)cn1)c1cc2nc(-c3ccc(N)cc3)nc(N3CCOCC3)c2s1. The van der Waals surface area contributed by atoms with Crippen molar-refractivity contribution in [1.29, 1.82) is 0 Å². The van der Waals surface area contributed by atoms with Gasteiger partial charge in [0, 0.05) is 41.6 Å². The summed E-state index contributed by atoms with van der Waals surface area (Å²) in [5.74, 6) is 1.21. The molecule has 3 aromatic heterocycles. The maximum absolute atomic E-state index is 11.5. The van der Waals surface area contributed by atoms with Gasteiger partial charge in [0.2, 0.25) is 5.95 Å². The third-order valence-electron chi connectivity index (χ3n) is 5.89. The fourth-order valence-electron chi connectivity index (χ4n) is 3.89. The molecule has 1 aliphatic heterocycles. The standard InChI is InChI=1S/C24H26N8O3S/c1-24(2,30-23-26-12-15(13-27-23)22(33)31-34)18-11-17-19(36-18)21(32-7-9-35-10-8-32)29-20(28-17)14-3-5-16(25)6-4-14/h3-6,11-13,34H,7-10,25H2,1-2H3,(H,31,33)(H,26,27,30). The molecule has 0 unspecified atom stereocenters. The number of fused-ring (bicyclic) bond motifs is 1. The van der Waals surface area contributed by atoms with Gasteiger partial charge in [-0.2, -0.15) is 0 Å². The van der Waals surface area contributed by atoms with E-state index in [4.69, 9.17) is 25.6 Å². The minimum absolute atomic E-state index is 0.156. The lowest BCUT2D eigenvalue weighted by molar-refractivity contribution is 0.0705. The van der Waals surface area contributed by atoms with Gasteiger partial charge in [0.25, 0.3) is 5.91 Å². The van der Waals surface area contributed by atoms with Crippen LogP contribution in [0.5, 0.6) is 0 Å². The highest BCUT2D eigenvalue weighted by Gasteiger charge is 2.27. The maximum atomic E-state index is 11.5. The van der Waals surface area contributed by atoms with Crippen LogP contribution in [0.15, 0.2) is 42.7 Å². The van der Waals surface area contributed by atoms with Crippen molar-refractivity contribution in [3.63, 3.8) is 0 Å². The summed E-state index contributed by atoms with van der Waals surface area (Å²) in [5, 5.41) is 12.1. The summed E-state index contributed by atoms with van der Waals surface area (Å²) in [6.45, 7) is 6.86. The van der Waals surface area contributed by atoms with Crippen molar-refractivity contribution in [2.75, 3.05) is 42.3 Å². The normalized spacial score (nSPS) is 14.1. The smallest absolute Gasteiger partial charge is 0.277 e. The zero-order chi connectivity index (χ0) is 25.3. The third kappa shape index (κ3) is 4.78. The molecule has 0 bridgehead atoms. The van der Waals surface area contributed by atoms with E-state index in [9.17, 15) is 4.79 Å². The number of nitrogens with two attached hydrogens (primary N) is 1. The summed E-state index contributed by atoms with van der Waals surface area (Å²) in [6.07, 6.45) is 2.70. The minimum atomic E-state index is -0.670. The number of carbonyl (C=O) groups excluding carboxylic acids is 1. The number of ether oxygens (including phenoxy) is 1. The van der Waals surface area contributed by atoms with Crippen LogP contribution in [0.25, 0.3) is 21.6 Å². The molecule has 0 radical (unpaired) electrons. The van der Waals surface area contributed by atoms with Crippen LogP contribution in [-0.2, 0) is 10.3 Å². The first-order valence-electron chi connectivity index (χ1n) is 11.4. The Hall–Kier alpha value is -3.87. The highest BCUT2D eigenvalue weighted by molar-refractivity contribution is 7.19. The van der Waals surface area contributed by atoms with E-state index in [0.717, 1.165) is 39.6 Å². The fourth-order valence-corrected chi connectivity index (χ4v) is 5.06. The van der Waals surface area contributed by atoms with E-state index in [1.54, 1.807) is 16.8 Å². The van der Waals surface area contributed by atoms with Crippen LogP contribution in [-0.4, -0.2) is 57.4 Å². The van der Waals surface area contributed by atoms with E-state index >= 15 is 0 Å². The predicted molar refractivity (Wildman–Crippen MR) is 138 cm³/mol. The van der Waals surface area contributed by atoms with E-state index in [-0.39, 0.29) is 5.56 Å². The molecule has 1 aliphatic rings. The van der Waals surface area contributed by atoms with Gasteiger partial charge in [0.1, 0.15) is 0 Å². The lowest BCUT2D eigenvalue weighted by Gasteiger charge is -2.28. The molecule has 1 amide bonds. The number of hydrogen-bond donors (Lipinski definition) is 4. The zero-order valence-corrected chi connectivity index (χ0v) is 20.7. The Bertz CT molecular complexity index is 1380. The number of hydroxylamine groups is 1. The molecule has 5 rings (SSSR count). The van der Waals surface area contributed by atoms with E-state index < -0.39 is 11.4 Å². The molecule has 0 aliphatic carbocycles. The van der Waals surface area contributed by atoms with E-state index in [1.807, 2.05) is 38.1 Å². The Morgan fingerprint density at radius 1 is 1.14 bits per heavy atom. The highest BCUT2D eigenvalue weighted by Crippen LogP contribution is 2.39. The average molecular weight is 507 g/mol. The Balaban J connectivity index is 1.52. The second kappa shape index (κ2) is 9.64. The van der Waals surface area contributed by atoms with Gasteiger partial charge in [-0.15, -0.1) is 11.3 Å². The monoisotopic (exact) mass is 506 g/mol. The summed E-state index contributed by atoms with van der Waals surface area (Å²) in [5.41, 5.74) is 9.49. The van der Waals surface area contributed by atoms with Gasteiger partial charge < -0.3 is 20.7 Å². The Kier molecular flexibility index (Phi) is 6.39. The number of nitrogens with zero attached hydrogens (tertiary/aromatic N) is 5. The molecule has 0 atom stereocenters. The molecule has 12 heteroatoms. The molecule has 36 heavy (non-hydrogen) atoms. The molecule has 1 aromatic carbocycles. The second-order valence-corrected chi connectivity index (χ2v) is 9.96. The Morgan fingerprint density at radius 2 is 1.83 bits per heavy atom. The predicted octanol–water partition coefficient (Wildman–Crippen LogP) is 3.03. The average Bonchev–Trinajstić information content (AvgIpc) is 3.34. The number of hydrogen-bond acceptors (Lipinski definition) is 11. The molecule has 0 saturated carbocycles. The topological polar surface area (TPSA) is 151 Å². The summed E-state index contributed by atoms with van der Waals surface area (Å²) in [7, 11) is 0. The van der Waals surface area contributed by atoms with Crippen LogP contribution in [0.2, 0.25) is 0 Å². The fraction of sp³-hybridized carbons (Fsp3) is 0.292. The van der Waals surface area contributed by atoms with Gasteiger partial charge in [-0.3, -0.25) is 10.0 Å². The molecule has 5 N–H and O–H groups in total. The van der Waals surface area contributed by atoms with E-state index in [0.29, 0.717) is 30.7 Å².